The van der Waals surface area contributed by atoms with Crippen LogP contribution in [0.15, 0.2) is 29.2 Å². The Labute approximate surface area is 137 Å². The molecule has 0 spiro atoms. The molecule has 1 aromatic carbocycles. The zero-order valence-electron chi connectivity index (χ0n) is 13.2. The van der Waals surface area contributed by atoms with Crippen molar-refractivity contribution in [2.24, 2.45) is 0 Å². The van der Waals surface area contributed by atoms with Crippen molar-refractivity contribution in [2.45, 2.75) is 30.3 Å². The minimum atomic E-state index is -3.61. The number of halogens is 1. The van der Waals surface area contributed by atoms with E-state index in [-0.39, 0.29) is 11.0 Å². The van der Waals surface area contributed by atoms with Crippen molar-refractivity contribution in [3.63, 3.8) is 0 Å². The lowest BCUT2D eigenvalue weighted by Gasteiger charge is -2.36. The van der Waals surface area contributed by atoms with Crippen molar-refractivity contribution in [2.75, 3.05) is 39.3 Å². The molecule has 2 heterocycles. The summed E-state index contributed by atoms with van der Waals surface area (Å²) >= 11 is 0. The van der Waals surface area contributed by atoms with E-state index in [0.717, 1.165) is 32.1 Å². The predicted octanol–water partition coefficient (Wildman–Crippen LogP) is 1.70. The molecule has 2 aliphatic heterocycles. The first-order valence-corrected chi connectivity index (χ1v) is 9.59. The Hall–Kier alpha value is -1.02. The largest absolute Gasteiger partial charge is 0.377 e. The van der Waals surface area contributed by atoms with E-state index < -0.39 is 15.8 Å². The number of sulfonamides is 1. The van der Waals surface area contributed by atoms with E-state index in [0.29, 0.717) is 26.2 Å². The maximum absolute atomic E-state index is 13.3. The first-order valence-electron chi connectivity index (χ1n) is 8.15. The van der Waals surface area contributed by atoms with Gasteiger partial charge in [-0.1, -0.05) is 6.07 Å². The van der Waals surface area contributed by atoms with Gasteiger partial charge in [0.25, 0.3) is 0 Å². The highest BCUT2D eigenvalue weighted by Gasteiger charge is 2.29. The lowest BCUT2D eigenvalue weighted by atomic mass is 10.1. The quantitative estimate of drug-likeness (QED) is 0.836. The second kappa shape index (κ2) is 7.25. The van der Waals surface area contributed by atoms with Gasteiger partial charge in [-0.25, -0.2) is 12.8 Å². The summed E-state index contributed by atoms with van der Waals surface area (Å²) in [7, 11) is -3.61. The number of hydrogen-bond acceptors (Lipinski definition) is 4. The molecule has 3 rings (SSSR count). The van der Waals surface area contributed by atoms with Crippen LogP contribution in [-0.2, 0) is 14.8 Å². The zero-order chi connectivity index (χ0) is 16.3. The maximum Gasteiger partial charge on any atom is 0.243 e. The molecule has 0 radical (unpaired) electrons. The molecule has 23 heavy (non-hydrogen) atoms. The third-order valence-corrected chi connectivity index (χ3v) is 6.40. The summed E-state index contributed by atoms with van der Waals surface area (Å²) in [5.74, 6) is -0.529. The molecule has 2 saturated heterocycles. The molecular formula is C16H23FN2O3S. The summed E-state index contributed by atoms with van der Waals surface area (Å²) in [5, 5.41) is 0. The van der Waals surface area contributed by atoms with Crippen LogP contribution in [0.3, 0.4) is 0 Å². The van der Waals surface area contributed by atoms with Gasteiger partial charge in [-0.2, -0.15) is 4.31 Å². The Bertz CT molecular complexity index is 624. The van der Waals surface area contributed by atoms with Gasteiger partial charge in [0.2, 0.25) is 10.0 Å². The third-order valence-electron chi connectivity index (χ3n) is 4.50. The fourth-order valence-electron chi connectivity index (χ4n) is 3.17. The highest BCUT2D eigenvalue weighted by Crippen LogP contribution is 2.20. The van der Waals surface area contributed by atoms with Gasteiger partial charge in [0, 0.05) is 39.3 Å². The molecule has 128 valence electrons. The van der Waals surface area contributed by atoms with E-state index >= 15 is 0 Å². The smallest absolute Gasteiger partial charge is 0.243 e. The lowest BCUT2D eigenvalue weighted by Crippen LogP contribution is -2.50. The van der Waals surface area contributed by atoms with Crippen LogP contribution in [0, 0.1) is 5.82 Å². The van der Waals surface area contributed by atoms with Crippen LogP contribution in [0.1, 0.15) is 19.3 Å². The molecule has 0 bridgehead atoms. The van der Waals surface area contributed by atoms with Crippen LogP contribution in [0.25, 0.3) is 0 Å². The van der Waals surface area contributed by atoms with E-state index in [1.807, 2.05) is 0 Å². The fourth-order valence-corrected chi connectivity index (χ4v) is 4.62. The normalized spacial score (nSPS) is 24.7. The number of benzene rings is 1. The Morgan fingerprint density at radius 2 is 1.96 bits per heavy atom. The minimum Gasteiger partial charge on any atom is -0.377 e. The van der Waals surface area contributed by atoms with Crippen LogP contribution in [0.4, 0.5) is 4.39 Å². The molecular weight excluding hydrogens is 319 g/mol. The third kappa shape index (κ3) is 4.09. The first-order chi connectivity index (χ1) is 11.1. The van der Waals surface area contributed by atoms with Gasteiger partial charge in [-0.15, -0.1) is 0 Å². The van der Waals surface area contributed by atoms with E-state index in [4.69, 9.17) is 4.74 Å². The summed E-state index contributed by atoms with van der Waals surface area (Å²) in [6.45, 7) is 3.95. The molecule has 0 amide bonds. The fraction of sp³-hybridized carbons (Fsp3) is 0.625. The van der Waals surface area contributed by atoms with Crippen molar-refractivity contribution in [3.8, 4) is 0 Å². The molecule has 0 aliphatic carbocycles. The summed E-state index contributed by atoms with van der Waals surface area (Å²) in [5.41, 5.74) is 0. The highest BCUT2D eigenvalue weighted by atomic mass is 32.2. The van der Waals surface area contributed by atoms with E-state index in [9.17, 15) is 12.8 Å². The highest BCUT2D eigenvalue weighted by molar-refractivity contribution is 7.89. The van der Waals surface area contributed by atoms with Crippen LogP contribution in [0.5, 0.6) is 0 Å². The second-order valence-corrected chi connectivity index (χ2v) is 8.09. The Kier molecular flexibility index (Phi) is 5.31. The molecule has 7 heteroatoms. The van der Waals surface area contributed by atoms with Crippen molar-refractivity contribution >= 4 is 10.0 Å². The average Bonchev–Trinajstić information content (AvgIpc) is 2.56. The van der Waals surface area contributed by atoms with Gasteiger partial charge in [0.1, 0.15) is 5.82 Å². The van der Waals surface area contributed by atoms with Crippen LogP contribution in [-0.4, -0.2) is 63.1 Å². The van der Waals surface area contributed by atoms with Crippen molar-refractivity contribution in [3.05, 3.63) is 30.1 Å². The summed E-state index contributed by atoms with van der Waals surface area (Å²) < 4.78 is 45.6. The zero-order valence-corrected chi connectivity index (χ0v) is 14.0. The molecule has 2 aliphatic rings. The number of rotatable bonds is 4. The molecule has 0 aromatic heterocycles. The SMILES string of the molecule is O=S(=O)(c1cccc(F)c1)N1CCN(C[C@@H]2CCCCO2)CC1. The summed E-state index contributed by atoms with van der Waals surface area (Å²) in [6.07, 6.45) is 3.70. The average molecular weight is 342 g/mol. The predicted molar refractivity (Wildman–Crippen MR) is 85.2 cm³/mol. The lowest BCUT2D eigenvalue weighted by molar-refractivity contribution is -0.0103. The monoisotopic (exact) mass is 342 g/mol. The van der Waals surface area contributed by atoms with Gasteiger partial charge in [-0.3, -0.25) is 4.90 Å². The number of nitrogens with zero attached hydrogens (tertiary/aromatic N) is 2. The van der Waals surface area contributed by atoms with E-state index in [1.54, 1.807) is 0 Å². The Morgan fingerprint density at radius 1 is 1.17 bits per heavy atom. The van der Waals surface area contributed by atoms with Gasteiger partial charge >= 0.3 is 0 Å². The summed E-state index contributed by atoms with van der Waals surface area (Å²) in [4.78, 5) is 2.29. The molecule has 1 aromatic rings. The van der Waals surface area contributed by atoms with Crippen LogP contribution in [0.2, 0.25) is 0 Å². The second-order valence-electron chi connectivity index (χ2n) is 6.15. The molecule has 5 nitrogen and oxygen atoms in total. The number of ether oxygens (including phenoxy) is 1. The van der Waals surface area contributed by atoms with Crippen molar-refractivity contribution < 1.29 is 17.5 Å². The molecule has 0 N–H and O–H groups in total. The van der Waals surface area contributed by atoms with Gasteiger partial charge in [0.05, 0.1) is 11.0 Å². The van der Waals surface area contributed by atoms with E-state index in [2.05, 4.69) is 4.90 Å². The summed E-state index contributed by atoms with van der Waals surface area (Å²) in [6, 6.07) is 5.21. The van der Waals surface area contributed by atoms with Gasteiger partial charge in [-0.05, 0) is 37.5 Å². The number of hydrogen-bond donors (Lipinski definition) is 0. The molecule has 2 fully saturated rings. The van der Waals surface area contributed by atoms with Gasteiger partial charge in [0.15, 0.2) is 0 Å². The van der Waals surface area contributed by atoms with Crippen LogP contribution >= 0.6 is 0 Å². The van der Waals surface area contributed by atoms with E-state index in [1.165, 1.54) is 28.9 Å². The Morgan fingerprint density at radius 3 is 2.61 bits per heavy atom. The molecule has 1 atom stereocenters. The molecule has 0 saturated carbocycles. The minimum absolute atomic E-state index is 0.0292. The topological polar surface area (TPSA) is 49.9 Å². The molecule has 0 unspecified atom stereocenters. The van der Waals surface area contributed by atoms with Crippen molar-refractivity contribution in [1.29, 1.82) is 0 Å². The number of piperazine rings is 1. The maximum atomic E-state index is 13.3. The standard InChI is InChI=1S/C16H23FN2O3S/c17-14-4-3-6-16(12-14)23(20,21)19-9-7-18(8-10-19)13-15-5-1-2-11-22-15/h3-4,6,12,15H,1-2,5,7-11,13H2/t15-/m0/s1. The van der Waals surface area contributed by atoms with Gasteiger partial charge < -0.3 is 4.74 Å². The van der Waals surface area contributed by atoms with Crippen molar-refractivity contribution in [1.82, 2.24) is 9.21 Å². The Balaban J connectivity index is 1.57. The first kappa shape index (κ1) is 16.8. The van der Waals surface area contributed by atoms with Crippen LogP contribution < -0.4 is 0 Å².